The summed E-state index contributed by atoms with van der Waals surface area (Å²) in [5.74, 6) is -4.65. The Morgan fingerprint density at radius 2 is 1.89 bits per heavy atom. The van der Waals surface area contributed by atoms with Gasteiger partial charge < -0.3 is 15.4 Å². The average Bonchev–Trinajstić information content (AvgIpc) is 2.81. The lowest BCUT2D eigenvalue weighted by atomic mass is 9.78. The largest absolute Gasteiger partial charge is 0.468 e. The number of allylic oxidation sites excluding steroid dienone is 1. The molecule has 7 nitrogen and oxygen atoms in total. The molecule has 0 spiro atoms. The highest BCUT2D eigenvalue weighted by Gasteiger charge is 2.44. The summed E-state index contributed by atoms with van der Waals surface area (Å²) >= 11 is 6.52. The second-order valence-corrected chi connectivity index (χ2v) is 9.16. The molecule has 1 heterocycles. The number of esters is 1. The molecule has 188 valence electrons. The lowest BCUT2D eigenvalue weighted by Crippen LogP contribution is -2.44. The van der Waals surface area contributed by atoms with Gasteiger partial charge in [0.05, 0.1) is 40.1 Å². The van der Waals surface area contributed by atoms with E-state index in [2.05, 4.69) is 10.6 Å². The molecule has 3 rings (SSSR count). The Morgan fingerprint density at radius 3 is 2.44 bits per heavy atom. The fourth-order valence-corrected chi connectivity index (χ4v) is 4.75. The number of nitrogens with one attached hydrogen (secondary N) is 2. The maximum absolute atomic E-state index is 12.9. The van der Waals surface area contributed by atoms with Crippen LogP contribution in [-0.2, 0) is 25.3 Å². The maximum atomic E-state index is 12.9. The van der Waals surface area contributed by atoms with Gasteiger partial charge in [0, 0.05) is 11.6 Å². The van der Waals surface area contributed by atoms with E-state index in [1.54, 1.807) is 24.3 Å². The van der Waals surface area contributed by atoms with Crippen molar-refractivity contribution >= 4 is 46.8 Å². The second kappa shape index (κ2) is 11.1. The van der Waals surface area contributed by atoms with Crippen LogP contribution in [0, 0.1) is 24.2 Å². The Bertz CT molecular complexity index is 1270. The van der Waals surface area contributed by atoms with Crippen molar-refractivity contribution in [2.24, 2.45) is 5.92 Å². The highest BCUT2D eigenvalue weighted by Crippen LogP contribution is 2.40. The number of halogens is 4. The molecule has 2 amide bonds. The fourth-order valence-electron chi connectivity index (χ4n) is 3.61. The van der Waals surface area contributed by atoms with Crippen molar-refractivity contribution in [1.29, 1.82) is 5.26 Å². The summed E-state index contributed by atoms with van der Waals surface area (Å²) in [5, 5.41) is 14.3. The van der Waals surface area contributed by atoms with Gasteiger partial charge in [0.2, 0.25) is 11.8 Å². The summed E-state index contributed by atoms with van der Waals surface area (Å²) in [5.41, 5.74) is 0.566. The van der Waals surface area contributed by atoms with Crippen molar-refractivity contribution in [3.05, 3.63) is 74.8 Å². The summed E-state index contributed by atoms with van der Waals surface area (Å²) < 4.78 is 43.4. The molecule has 1 aliphatic rings. The number of alkyl halides is 3. The Balaban J connectivity index is 1.84. The lowest BCUT2D eigenvalue weighted by molar-refractivity contribution is -0.150. The first kappa shape index (κ1) is 27.1. The molecular formula is C24H19ClF3N3O4S. The zero-order chi connectivity index (χ0) is 26.6. The molecule has 36 heavy (non-hydrogen) atoms. The number of amides is 2. The number of hydrogen-bond acceptors (Lipinski definition) is 6. The molecule has 12 heteroatoms. The normalized spacial score (nSPS) is 17.8. The molecule has 1 aliphatic heterocycles. The van der Waals surface area contributed by atoms with Crippen LogP contribution in [0.25, 0.3) is 0 Å². The van der Waals surface area contributed by atoms with E-state index in [1.165, 1.54) is 0 Å². The molecule has 0 radical (unpaired) electrons. The number of anilines is 1. The Hall–Kier alpha value is -3.49. The summed E-state index contributed by atoms with van der Waals surface area (Å²) in [6.07, 6.45) is -4.63. The molecule has 2 aromatic carbocycles. The lowest BCUT2D eigenvalue weighted by Gasteiger charge is -2.31. The van der Waals surface area contributed by atoms with Gasteiger partial charge in [0.15, 0.2) is 0 Å². The van der Waals surface area contributed by atoms with E-state index < -0.39 is 46.4 Å². The zero-order valence-corrected chi connectivity index (χ0v) is 20.5. The van der Waals surface area contributed by atoms with Gasteiger partial charge in [-0.3, -0.25) is 14.4 Å². The van der Waals surface area contributed by atoms with E-state index in [0.29, 0.717) is 5.56 Å². The Morgan fingerprint density at radius 1 is 1.22 bits per heavy atom. The summed E-state index contributed by atoms with van der Waals surface area (Å²) in [7, 11) is 1.14. The second-order valence-electron chi connectivity index (χ2n) is 7.76. The third-order valence-electron chi connectivity index (χ3n) is 5.33. The first-order valence-electron chi connectivity index (χ1n) is 10.3. The maximum Gasteiger partial charge on any atom is 0.417 e. The third kappa shape index (κ3) is 6.01. The number of ether oxygens (including phenoxy) is 1. The zero-order valence-electron chi connectivity index (χ0n) is 18.9. The SMILES string of the molecule is COC(=O)C1C(=O)NC(SCC(=O)Nc2ccc(C(F)(F)F)c(Cl)c2)=C(C#N)C1c1ccc(C)cc1. The first-order valence-corrected chi connectivity index (χ1v) is 11.7. The van der Waals surface area contributed by atoms with Crippen molar-refractivity contribution in [1.82, 2.24) is 5.32 Å². The molecule has 2 N–H and O–H groups in total. The van der Waals surface area contributed by atoms with Crippen LogP contribution in [0.5, 0.6) is 0 Å². The van der Waals surface area contributed by atoms with Crippen molar-refractivity contribution in [2.45, 2.75) is 19.0 Å². The molecule has 2 atom stereocenters. The highest BCUT2D eigenvalue weighted by molar-refractivity contribution is 8.03. The molecule has 0 aliphatic carbocycles. The van der Waals surface area contributed by atoms with Gasteiger partial charge in [-0.1, -0.05) is 53.2 Å². The Kier molecular flexibility index (Phi) is 8.32. The number of carbonyl (C=O) groups excluding carboxylic acids is 3. The number of thioether (sulfide) groups is 1. The van der Waals surface area contributed by atoms with Gasteiger partial charge in [0.1, 0.15) is 5.92 Å². The average molecular weight is 538 g/mol. The predicted molar refractivity (Wildman–Crippen MR) is 128 cm³/mol. The number of carbonyl (C=O) groups is 3. The van der Waals surface area contributed by atoms with Crippen LogP contribution >= 0.6 is 23.4 Å². The van der Waals surface area contributed by atoms with Gasteiger partial charge in [-0.15, -0.1) is 0 Å². The smallest absolute Gasteiger partial charge is 0.417 e. The minimum atomic E-state index is -4.63. The molecule has 0 bridgehead atoms. The minimum absolute atomic E-state index is 0.0454. The third-order valence-corrected chi connectivity index (χ3v) is 6.66. The minimum Gasteiger partial charge on any atom is -0.468 e. The van der Waals surface area contributed by atoms with E-state index in [-0.39, 0.29) is 22.0 Å². The molecule has 0 saturated carbocycles. The van der Waals surface area contributed by atoms with Crippen LogP contribution in [0.4, 0.5) is 18.9 Å². The van der Waals surface area contributed by atoms with Gasteiger partial charge in [-0.25, -0.2) is 0 Å². The van der Waals surface area contributed by atoms with E-state index in [9.17, 15) is 32.8 Å². The molecule has 0 fully saturated rings. The van der Waals surface area contributed by atoms with Crippen molar-refractivity contribution in [2.75, 3.05) is 18.2 Å². The molecule has 2 unspecified atom stereocenters. The standard InChI is InChI=1S/C24H19ClF3N3O4S/c1-12-3-5-13(6-4-12)19-15(10-29)22(31-21(33)20(19)23(34)35-2)36-11-18(32)30-14-7-8-16(17(25)9-14)24(26,27)28/h3-9,19-20H,11H2,1-2H3,(H,30,32)(H,31,33). The van der Waals surface area contributed by atoms with E-state index in [0.717, 1.165) is 42.6 Å². The predicted octanol–water partition coefficient (Wildman–Crippen LogP) is 4.78. The summed E-state index contributed by atoms with van der Waals surface area (Å²) in [4.78, 5) is 37.7. The number of nitriles is 1. The van der Waals surface area contributed by atoms with E-state index in [4.69, 9.17) is 16.3 Å². The fraction of sp³-hybridized carbons (Fsp3) is 0.250. The van der Waals surface area contributed by atoms with Crippen LogP contribution in [-0.4, -0.2) is 30.6 Å². The van der Waals surface area contributed by atoms with Crippen molar-refractivity contribution in [3.63, 3.8) is 0 Å². The number of benzene rings is 2. The summed E-state index contributed by atoms with van der Waals surface area (Å²) in [6, 6.07) is 11.8. The quantitative estimate of drug-likeness (QED) is 0.406. The number of rotatable bonds is 6. The van der Waals surface area contributed by atoms with Crippen LogP contribution < -0.4 is 10.6 Å². The number of nitrogens with zero attached hydrogens (tertiary/aromatic N) is 1. The van der Waals surface area contributed by atoms with E-state index in [1.807, 2.05) is 13.0 Å². The van der Waals surface area contributed by atoms with Crippen molar-refractivity contribution in [3.8, 4) is 6.07 Å². The Labute approximate surface area is 213 Å². The van der Waals surface area contributed by atoms with Gasteiger partial charge >= 0.3 is 12.1 Å². The molecule has 0 aromatic heterocycles. The van der Waals surface area contributed by atoms with E-state index >= 15 is 0 Å². The van der Waals surface area contributed by atoms with Gasteiger partial charge in [0.25, 0.3) is 0 Å². The topological polar surface area (TPSA) is 108 Å². The van der Waals surface area contributed by atoms with Crippen LogP contribution in [0.15, 0.2) is 53.1 Å². The monoisotopic (exact) mass is 537 g/mol. The first-order chi connectivity index (χ1) is 17.0. The molecule has 0 saturated heterocycles. The molecule has 2 aromatic rings. The van der Waals surface area contributed by atoms with Crippen LogP contribution in [0.2, 0.25) is 5.02 Å². The van der Waals surface area contributed by atoms with Crippen LogP contribution in [0.3, 0.4) is 0 Å². The highest BCUT2D eigenvalue weighted by atomic mass is 35.5. The number of hydrogen-bond donors (Lipinski definition) is 2. The summed E-state index contributed by atoms with van der Waals surface area (Å²) in [6.45, 7) is 1.86. The molecular weight excluding hydrogens is 519 g/mol. The van der Waals surface area contributed by atoms with Crippen LogP contribution in [0.1, 0.15) is 22.6 Å². The van der Waals surface area contributed by atoms with Crippen molar-refractivity contribution < 1.29 is 32.3 Å². The number of methoxy groups -OCH3 is 1. The number of aryl methyl sites for hydroxylation is 1. The van der Waals surface area contributed by atoms with Gasteiger partial charge in [-0.2, -0.15) is 18.4 Å². The van der Waals surface area contributed by atoms with Gasteiger partial charge in [-0.05, 0) is 30.7 Å².